The van der Waals surface area contributed by atoms with Gasteiger partial charge in [-0.05, 0) is 50.1 Å². The normalized spacial score (nSPS) is 17.7. The lowest BCUT2D eigenvalue weighted by Crippen LogP contribution is -2.47. The summed E-state index contributed by atoms with van der Waals surface area (Å²) in [5.41, 5.74) is 3.04. The molecule has 2 aromatic rings. The van der Waals surface area contributed by atoms with Crippen LogP contribution in [-0.4, -0.2) is 47.9 Å². The summed E-state index contributed by atoms with van der Waals surface area (Å²) in [4.78, 5) is 17.5. The van der Waals surface area contributed by atoms with Gasteiger partial charge in [-0.2, -0.15) is 5.26 Å². The number of benzene rings is 2. The van der Waals surface area contributed by atoms with Gasteiger partial charge >= 0.3 is 0 Å². The van der Waals surface area contributed by atoms with Crippen LogP contribution in [0, 0.1) is 11.3 Å². The molecule has 1 fully saturated rings. The average Bonchev–Trinajstić information content (AvgIpc) is 3.00. The van der Waals surface area contributed by atoms with E-state index in [1.165, 1.54) is 5.56 Å². The van der Waals surface area contributed by atoms with Crippen LogP contribution in [-0.2, 0) is 11.3 Å². The number of nitriles is 1. The Morgan fingerprint density at radius 2 is 1.76 bits per heavy atom. The van der Waals surface area contributed by atoms with E-state index in [0.29, 0.717) is 5.56 Å². The van der Waals surface area contributed by atoms with Gasteiger partial charge in [0.25, 0.3) is 0 Å². The molecule has 0 saturated carbocycles. The van der Waals surface area contributed by atoms with Crippen molar-refractivity contribution in [3.05, 3.63) is 71.3 Å². The monoisotopic (exact) mass is 390 g/mol. The lowest BCUT2D eigenvalue weighted by molar-refractivity contribution is -0.126. The van der Waals surface area contributed by atoms with Gasteiger partial charge < -0.3 is 5.32 Å². The zero-order valence-electron chi connectivity index (χ0n) is 17.3. The lowest BCUT2D eigenvalue weighted by Gasteiger charge is -2.28. The van der Waals surface area contributed by atoms with Crippen LogP contribution in [0.25, 0.3) is 0 Å². The highest BCUT2D eigenvalue weighted by atomic mass is 16.2. The van der Waals surface area contributed by atoms with Gasteiger partial charge in [-0.25, -0.2) is 0 Å². The standard InChI is InChI=1S/C24H30N4O/c1-19(23-7-4-3-5-8-23)26-24(29)20(2)28-14-6-13-27(15-16-28)18-22-11-9-21(17-25)10-12-22/h3-5,7-12,19-20H,6,13-16,18H2,1-2H3,(H,26,29). The van der Waals surface area contributed by atoms with E-state index in [4.69, 9.17) is 5.26 Å². The van der Waals surface area contributed by atoms with Crippen molar-refractivity contribution in [2.75, 3.05) is 26.2 Å². The van der Waals surface area contributed by atoms with Crippen LogP contribution in [0.2, 0.25) is 0 Å². The van der Waals surface area contributed by atoms with Crippen molar-refractivity contribution in [2.24, 2.45) is 0 Å². The molecule has 2 unspecified atom stereocenters. The first kappa shape index (κ1) is 21.0. The minimum absolute atomic E-state index is 0.00556. The molecule has 1 heterocycles. The molecule has 152 valence electrons. The molecule has 0 aromatic heterocycles. The van der Waals surface area contributed by atoms with Crippen LogP contribution in [0.1, 0.15) is 43.0 Å². The maximum atomic E-state index is 12.8. The molecule has 0 radical (unpaired) electrons. The number of hydrogen-bond donors (Lipinski definition) is 1. The van der Waals surface area contributed by atoms with Crippen molar-refractivity contribution >= 4 is 5.91 Å². The number of hydrogen-bond acceptors (Lipinski definition) is 4. The van der Waals surface area contributed by atoms with E-state index in [0.717, 1.165) is 44.7 Å². The third kappa shape index (κ3) is 5.90. The number of carbonyl (C=O) groups is 1. The molecule has 1 N–H and O–H groups in total. The summed E-state index contributed by atoms with van der Waals surface area (Å²) in [7, 11) is 0. The fourth-order valence-electron chi connectivity index (χ4n) is 3.80. The predicted molar refractivity (Wildman–Crippen MR) is 115 cm³/mol. The second-order valence-corrected chi connectivity index (χ2v) is 7.79. The van der Waals surface area contributed by atoms with Crippen LogP contribution in [0.15, 0.2) is 54.6 Å². The minimum Gasteiger partial charge on any atom is -0.348 e. The summed E-state index contributed by atoms with van der Waals surface area (Å²) in [6.07, 6.45) is 1.04. The number of amides is 1. The summed E-state index contributed by atoms with van der Waals surface area (Å²) in [6.45, 7) is 8.68. The highest BCUT2D eigenvalue weighted by molar-refractivity contribution is 5.81. The number of nitrogens with zero attached hydrogens (tertiary/aromatic N) is 3. The van der Waals surface area contributed by atoms with E-state index in [1.54, 1.807) is 0 Å². The molecule has 5 heteroatoms. The Morgan fingerprint density at radius 3 is 2.45 bits per heavy atom. The van der Waals surface area contributed by atoms with Crippen LogP contribution in [0.3, 0.4) is 0 Å². The van der Waals surface area contributed by atoms with Crippen molar-refractivity contribution in [1.82, 2.24) is 15.1 Å². The van der Waals surface area contributed by atoms with Crippen molar-refractivity contribution in [3.8, 4) is 6.07 Å². The number of nitrogens with one attached hydrogen (secondary N) is 1. The first-order valence-electron chi connectivity index (χ1n) is 10.4. The third-order valence-corrected chi connectivity index (χ3v) is 5.70. The quantitative estimate of drug-likeness (QED) is 0.822. The minimum atomic E-state index is -0.143. The largest absolute Gasteiger partial charge is 0.348 e. The summed E-state index contributed by atoms with van der Waals surface area (Å²) in [6, 6.07) is 19.9. The van der Waals surface area contributed by atoms with Gasteiger partial charge in [-0.3, -0.25) is 14.6 Å². The SMILES string of the molecule is CC(NC(=O)C(C)N1CCCN(Cc2ccc(C#N)cc2)CC1)c1ccccc1. The maximum absolute atomic E-state index is 12.8. The average molecular weight is 391 g/mol. The Morgan fingerprint density at radius 1 is 1.03 bits per heavy atom. The first-order valence-corrected chi connectivity index (χ1v) is 10.4. The van der Waals surface area contributed by atoms with E-state index in [-0.39, 0.29) is 18.0 Å². The maximum Gasteiger partial charge on any atom is 0.237 e. The second-order valence-electron chi connectivity index (χ2n) is 7.79. The lowest BCUT2D eigenvalue weighted by atomic mass is 10.1. The van der Waals surface area contributed by atoms with Crippen LogP contribution in [0.4, 0.5) is 0 Å². The predicted octanol–water partition coefficient (Wildman–Crippen LogP) is 3.33. The molecule has 0 bridgehead atoms. The number of rotatable bonds is 6. The van der Waals surface area contributed by atoms with Crippen molar-refractivity contribution in [1.29, 1.82) is 5.26 Å². The Balaban J connectivity index is 1.51. The molecular formula is C24H30N4O. The highest BCUT2D eigenvalue weighted by Crippen LogP contribution is 2.14. The van der Waals surface area contributed by atoms with Crippen LogP contribution >= 0.6 is 0 Å². The van der Waals surface area contributed by atoms with Crippen molar-refractivity contribution in [3.63, 3.8) is 0 Å². The molecule has 5 nitrogen and oxygen atoms in total. The Hall–Kier alpha value is -2.68. The van der Waals surface area contributed by atoms with Gasteiger partial charge in [0.1, 0.15) is 0 Å². The van der Waals surface area contributed by atoms with Crippen molar-refractivity contribution < 1.29 is 4.79 Å². The van der Waals surface area contributed by atoms with E-state index in [1.807, 2.05) is 68.4 Å². The summed E-state index contributed by atoms with van der Waals surface area (Å²) >= 11 is 0. The Labute approximate surface area is 173 Å². The van der Waals surface area contributed by atoms with E-state index in [2.05, 4.69) is 21.2 Å². The van der Waals surface area contributed by atoms with E-state index >= 15 is 0 Å². The van der Waals surface area contributed by atoms with Crippen LogP contribution in [0.5, 0.6) is 0 Å². The molecule has 0 aliphatic carbocycles. The fraction of sp³-hybridized carbons (Fsp3) is 0.417. The zero-order chi connectivity index (χ0) is 20.6. The fourth-order valence-corrected chi connectivity index (χ4v) is 3.80. The molecule has 0 spiro atoms. The molecule has 1 aliphatic rings. The van der Waals surface area contributed by atoms with E-state index < -0.39 is 0 Å². The molecule has 1 aliphatic heterocycles. The van der Waals surface area contributed by atoms with Crippen LogP contribution < -0.4 is 5.32 Å². The third-order valence-electron chi connectivity index (χ3n) is 5.70. The molecule has 29 heavy (non-hydrogen) atoms. The highest BCUT2D eigenvalue weighted by Gasteiger charge is 2.25. The van der Waals surface area contributed by atoms with Gasteiger partial charge in [0, 0.05) is 26.2 Å². The van der Waals surface area contributed by atoms with Gasteiger partial charge in [-0.1, -0.05) is 42.5 Å². The van der Waals surface area contributed by atoms with Gasteiger partial charge in [-0.15, -0.1) is 0 Å². The van der Waals surface area contributed by atoms with Gasteiger partial charge in [0.2, 0.25) is 5.91 Å². The number of carbonyl (C=O) groups excluding carboxylic acids is 1. The van der Waals surface area contributed by atoms with Gasteiger partial charge in [0.15, 0.2) is 0 Å². The van der Waals surface area contributed by atoms with Crippen molar-refractivity contribution in [2.45, 2.75) is 38.9 Å². The van der Waals surface area contributed by atoms with E-state index in [9.17, 15) is 4.79 Å². The summed E-state index contributed by atoms with van der Waals surface area (Å²) in [5, 5.41) is 12.1. The zero-order valence-corrected chi connectivity index (χ0v) is 17.3. The topological polar surface area (TPSA) is 59.4 Å². The molecule has 1 saturated heterocycles. The van der Waals surface area contributed by atoms with Gasteiger partial charge in [0.05, 0.1) is 23.7 Å². The molecule has 2 aromatic carbocycles. The second kappa shape index (κ2) is 10.2. The Kier molecular flexibility index (Phi) is 7.40. The first-order chi connectivity index (χ1) is 14.1. The Bertz CT molecular complexity index is 828. The molecular weight excluding hydrogens is 360 g/mol. The smallest absolute Gasteiger partial charge is 0.237 e. The molecule has 2 atom stereocenters. The molecule has 3 rings (SSSR count). The summed E-state index contributed by atoms with van der Waals surface area (Å²) in [5.74, 6) is 0.0851. The summed E-state index contributed by atoms with van der Waals surface area (Å²) < 4.78 is 0. The molecule has 1 amide bonds.